The first-order chi connectivity index (χ1) is 7.75. The summed E-state index contributed by atoms with van der Waals surface area (Å²) in [5, 5.41) is 13.4. The Morgan fingerprint density at radius 1 is 1.44 bits per heavy atom. The van der Waals surface area contributed by atoms with Gasteiger partial charge in [0.05, 0.1) is 6.10 Å². The molecule has 3 rings (SSSR count). The van der Waals surface area contributed by atoms with E-state index in [0.29, 0.717) is 6.42 Å². The smallest absolute Gasteiger partial charge is 0.160 e. The quantitative estimate of drug-likeness (QED) is 0.641. The van der Waals surface area contributed by atoms with Crippen molar-refractivity contribution in [1.29, 1.82) is 0 Å². The van der Waals surface area contributed by atoms with Gasteiger partial charge in [-0.2, -0.15) is 0 Å². The summed E-state index contributed by atoms with van der Waals surface area (Å²) in [6, 6.07) is 0. The highest BCUT2D eigenvalue weighted by atomic mass is 16.3. The maximum Gasteiger partial charge on any atom is 0.160 e. The van der Waals surface area contributed by atoms with Gasteiger partial charge in [-0.25, -0.2) is 0 Å². The predicted molar refractivity (Wildman–Crippen MR) is 60.7 cm³/mol. The summed E-state index contributed by atoms with van der Waals surface area (Å²) in [6.45, 7) is 0.796. The van der Waals surface area contributed by atoms with Gasteiger partial charge < -0.3 is 10.4 Å². The van der Waals surface area contributed by atoms with Crippen LogP contribution in [0.2, 0.25) is 0 Å². The van der Waals surface area contributed by atoms with Gasteiger partial charge in [-0.1, -0.05) is 6.08 Å². The normalized spacial score (nSPS) is 28.8. The zero-order valence-electron chi connectivity index (χ0n) is 9.12. The van der Waals surface area contributed by atoms with Crippen LogP contribution in [0.3, 0.4) is 0 Å². The van der Waals surface area contributed by atoms with Gasteiger partial charge in [0.1, 0.15) is 0 Å². The number of allylic oxidation sites excluding steroid dienone is 3. The molecule has 0 fully saturated rings. The summed E-state index contributed by atoms with van der Waals surface area (Å²) in [5.74, 6) is 0.144. The van der Waals surface area contributed by atoms with E-state index < -0.39 is 6.10 Å². The van der Waals surface area contributed by atoms with Gasteiger partial charge in [-0.3, -0.25) is 4.79 Å². The molecule has 0 saturated heterocycles. The zero-order chi connectivity index (χ0) is 11.1. The van der Waals surface area contributed by atoms with E-state index in [1.807, 2.05) is 6.08 Å². The highest BCUT2D eigenvalue weighted by Crippen LogP contribution is 2.36. The molecule has 0 spiro atoms. The van der Waals surface area contributed by atoms with Gasteiger partial charge in [0.2, 0.25) is 0 Å². The molecule has 1 atom stereocenters. The number of ketones is 1. The minimum absolute atomic E-state index is 0.144. The molecule has 84 valence electrons. The van der Waals surface area contributed by atoms with Crippen molar-refractivity contribution in [2.75, 3.05) is 6.54 Å². The Labute approximate surface area is 94.5 Å². The van der Waals surface area contributed by atoms with E-state index in [1.54, 1.807) is 6.08 Å². The summed E-state index contributed by atoms with van der Waals surface area (Å²) in [4.78, 5) is 11.5. The third-order valence-electron chi connectivity index (χ3n) is 3.55. The molecule has 0 aromatic heterocycles. The second-order valence-electron chi connectivity index (χ2n) is 4.61. The molecule has 0 aromatic carbocycles. The molecule has 0 bridgehead atoms. The molecule has 0 amide bonds. The Hall–Kier alpha value is -1.35. The molecule has 16 heavy (non-hydrogen) atoms. The number of rotatable bonds is 0. The van der Waals surface area contributed by atoms with Crippen molar-refractivity contribution in [2.24, 2.45) is 0 Å². The van der Waals surface area contributed by atoms with Crippen LogP contribution >= 0.6 is 0 Å². The number of hydrogen-bond acceptors (Lipinski definition) is 3. The molecule has 0 aromatic rings. The number of hydrogen-bond donors (Lipinski definition) is 2. The van der Waals surface area contributed by atoms with E-state index in [2.05, 4.69) is 5.32 Å². The van der Waals surface area contributed by atoms with Gasteiger partial charge in [0.25, 0.3) is 0 Å². The Kier molecular flexibility index (Phi) is 2.21. The van der Waals surface area contributed by atoms with Crippen molar-refractivity contribution in [3.05, 3.63) is 34.6 Å². The lowest BCUT2D eigenvalue weighted by Crippen LogP contribution is -2.34. The molecule has 2 N–H and O–H groups in total. The Balaban J connectivity index is 2.10. The van der Waals surface area contributed by atoms with Crippen molar-refractivity contribution >= 4 is 5.78 Å². The maximum atomic E-state index is 11.5. The minimum atomic E-state index is -0.405. The maximum absolute atomic E-state index is 11.5. The van der Waals surface area contributed by atoms with E-state index in [9.17, 15) is 9.90 Å². The summed E-state index contributed by atoms with van der Waals surface area (Å²) in [6.07, 6.45) is 6.60. The van der Waals surface area contributed by atoms with Crippen LogP contribution in [0.25, 0.3) is 0 Å². The van der Waals surface area contributed by atoms with Crippen LogP contribution in [-0.4, -0.2) is 23.5 Å². The average Bonchev–Trinajstić information content (AvgIpc) is 2.28. The fourth-order valence-corrected chi connectivity index (χ4v) is 2.74. The fraction of sp³-hybridized carbons (Fsp3) is 0.462. The largest absolute Gasteiger partial charge is 0.388 e. The minimum Gasteiger partial charge on any atom is -0.388 e. The number of fused-ring (bicyclic) bond motifs is 2. The molecule has 2 aliphatic carbocycles. The molecule has 3 aliphatic rings. The molecule has 1 unspecified atom stereocenters. The van der Waals surface area contributed by atoms with Crippen molar-refractivity contribution in [2.45, 2.75) is 31.8 Å². The van der Waals surface area contributed by atoms with Gasteiger partial charge in [-0.05, 0) is 36.5 Å². The van der Waals surface area contributed by atoms with Crippen molar-refractivity contribution in [1.82, 2.24) is 5.32 Å². The third-order valence-corrected chi connectivity index (χ3v) is 3.55. The van der Waals surface area contributed by atoms with Crippen LogP contribution in [0, 0.1) is 0 Å². The lowest BCUT2D eigenvalue weighted by atomic mass is 9.80. The summed E-state index contributed by atoms with van der Waals surface area (Å²) >= 11 is 0. The Bertz CT molecular complexity index is 443. The highest BCUT2D eigenvalue weighted by molar-refractivity contribution is 5.95. The third kappa shape index (κ3) is 1.43. The first-order valence-electron chi connectivity index (χ1n) is 5.85. The van der Waals surface area contributed by atoms with E-state index in [-0.39, 0.29) is 5.78 Å². The Morgan fingerprint density at radius 2 is 2.31 bits per heavy atom. The summed E-state index contributed by atoms with van der Waals surface area (Å²) in [5.41, 5.74) is 4.25. The lowest BCUT2D eigenvalue weighted by Gasteiger charge is -2.34. The molecule has 3 nitrogen and oxygen atoms in total. The SMILES string of the molecule is O=C1C=C2C(=CC1)CNC1=C2C(O)CCC1. The predicted octanol–water partition coefficient (Wildman–Crippen LogP) is 1.21. The van der Waals surface area contributed by atoms with Crippen LogP contribution < -0.4 is 5.32 Å². The number of aliphatic hydroxyl groups excluding tert-OH is 1. The second-order valence-corrected chi connectivity index (χ2v) is 4.61. The first-order valence-corrected chi connectivity index (χ1v) is 5.85. The van der Waals surface area contributed by atoms with E-state index in [0.717, 1.165) is 42.7 Å². The fourth-order valence-electron chi connectivity index (χ4n) is 2.74. The average molecular weight is 217 g/mol. The standard InChI is InChI=1S/C13H15NO2/c15-9-5-4-8-7-14-11-2-1-3-12(16)13(11)10(8)6-9/h4,6,12,14,16H,1-3,5,7H2. The van der Waals surface area contributed by atoms with Gasteiger partial charge in [-0.15, -0.1) is 0 Å². The van der Waals surface area contributed by atoms with Crippen LogP contribution in [-0.2, 0) is 4.79 Å². The van der Waals surface area contributed by atoms with Crippen LogP contribution in [0.1, 0.15) is 25.7 Å². The molecular weight excluding hydrogens is 202 g/mol. The summed E-state index contributed by atoms with van der Waals surface area (Å²) in [7, 11) is 0. The molecule has 1 aliphatic heterocycles. The molecule has 1 heterocycles. The second kappa shape index (κ2) is 3.59. The molecule has 0 radical (unpaired) electrons. The molecule has 3 heteroatoms. The number of nitrogens with one attached hydrogen (secondary N) is 1. The van der Waals surface area contributed by atoms with Crippen molar-refractivity contribution in [3.63, 3.8) is 0 Å². The number of carbonyl (C=O) groups is 1. The first kappa shape index (κ1) is 9.85. The van der Waals surface area contributed by atoms with Gasteiger partial charge in [0, 0.05) is 24.2 Å². The zero-order valence-corrected chi connectivity index (χ0v) is 9.12. The van der Waals surface area contributed by atoms with Gasteiger partial charge in [0.15, 0.2) is 5.78 Å². The highest BCUT2D eigenvalue weighted by Gasteiger charge is 2.30. The lowest BCUT2D eigenvalue weighted by molar-refractivity contribution is -0.114. The topological polar surface area (TPSA) is 49.3 Å². The van der Waals surface area contributed by atoms with Crippen LogP contribution in [0.15, 0.2) is 34.6 Å². The monoisotopic (exact) mass is 217 g/mol. The number of aliphatic hydroxyl groups is 1. The van der Waals surface area contributed by atoms with E-state index >= 15 is 0 Å². The molecular formula is C13H15NO2. The van der Waals surface area contributed by atoms with Crippen molar-refractivity contribution in [3.8, 4) is 0 Å². The molecule has 0 saturated carbocycles. The van der Waals surface area contributed by atoms with E-state index in [4.69, 9.17) is 0 Å². The summed E-state index contributed by atoms with van der Waals surface area (Å²) < 4.78 is 0. The Morgan fingerprint density at radius 3 is 3.19 bits per heavy atom. The van der Waals surface area contributed by atoms with Gasteiger partial charge >= 0.3 is 0 Å². The number of carbonyl (C=O) groups excluding carboxylic acids is 1. The van der Waals surface area contributed by atoms with Crippen LogP contribution in [0.4, 0.5) is 0 Å². The van der Waals surface area contributed by atoms with Crippen molar-refractivity contribution < 1.29 is 9.90 Å². The van der Waals surface area contributed by atoms with Crippen LogP contribution in [0.5, 0.6) is 0 Å². The van der Waals surface area contributed by atoms with E-state index in [1.165, 1.54) is 5.57 Å².